The van der Waals surface area contributed by atoms with Crippen molar-refractivity contribution in [3.63, 3.8) is 0 Å². The van der Waals surface area contributed by atoms with Crippen LogP contribution in [0.25, 0.3) is 0 Å². The zero-order valence-electron chi connectivity index (χ0n) is 14.7. The minimum atomic E-state index is -0.530. The van der Waals surface area contributed by atoms with E-state index in [1.54, 1.807) is 10.7 Å². The van der Waals surface area contributed by atoms with Gasteiger partial charge in [-0.15, -0.1) is 0 Å². The van der Waals surface area contributed by atoms with Crippen LogP contribution in [0.2, 0.25) is 0 Å². The first kappa shape index (κ1) is 17.0. The second kappa shape index (κ2) is 6.72. The molecule has 1 aliphatic carbocycles. The Kier molecular flexibility index (Phi) is 4.40. The predicted molar refractivity (Wildman–Crippen MR) is 97.5 cm³/mol. The summed E-state index contributed by atoms with van der Waals surface area (Å²) in [7, 11) is 0. The summed E-state index contributed by atoms with van der Waals surface area (Å²) in [5.74, 6) is -0.308. The van der Waals surface area contributed by atoms with E-state index in [9.17, 15) is 9.18 Å². The number of hydrogen-bond acceptors (Lipinski definition) is 4. The molecule has 1 amide bonds. The van der Waals surface area contributed by atoms with E-state index in [2.05, 4.69) is 5.32 Å². The molecule has 1 aromatic heterocycles. The number of piperidine rings is 1. The maximum absolute atomic E-state index is 13.4. The van der Waals surface area contributed by atoms with Crippen molar-refractivity contribution in [2.75, 3.05) is 18.8 Å². The molecule has 2 aromatic rings. The highest BCUT2D eigenvalue weighted by atomic mass is 19.1. The summed E-state index contributed by atoms with van der Waals surface area (Å²) >= 11 is 0. The second-order valence-electron chi connectivity index (χ2n) is 7.31. The Labute approximate surface area is 151 Å². The summed E-state index contributed by atoms with van der Waals surface area (Å²) in [5, 5.41) is 8.09. The molecule has 1 aliphatic heterocycles. The number of amides is 1. The molecule has 2 atom stereocenters. The fraction of sp³-hybridized carbons (Fsp3) is 0.474. The lowest BCUT2D eigenvalue weighted by Crippen LogP contribution is -2.32. The van der Waals surface area contributed by atoms with Crippen LogP contribution in [0.15, 0.2) is 18.2 Å². The average molecular weight is 357 g/mol. The lowest BCUT2D eigenvalue weighted by Gasteiger charge is -2.25. The maximum Gasteiger partial charge on any atom is 0.254 e. The number of nitrogens with two attached hydrogens (primary N) is 2. The van der Waals surface area contributed by atoms with Crippen molar-refractivity contribution < 1.29 is 9.18 Å². The van der Waals surface area contributed by atoms with E-state index in [-0.39, 0.29) is 17.8 Å². The van der Waals surface area contributed by atoms with Crippen molar-refractivity contribution in [2.45, 2.75) is 44.1 Å². The number of carbonyl (C=O) groups excluding carboxylic acids is 1. The van der Waals surface area contributed by atoms with Gasteiger partial charge in [0, 0.05) is 12.5 Å². The molecule has 26 heavy (non-hydrogen) atoms. The lowest BCUT2D eigenvalue weighted by molar-refractivity contribution is 0.0999. The number of anilines is 1. The summed E-state index contributed by atoms with van der Waals surface area (Å²) in [4.78, 5) is 12.1. The summed E-state index contributed by atoms with van der Waals surface area (Å²) in [6.07, 6.45) is 4.30. The minimum absolute atomic E-state index is 0.0653. The van der Waals surface area contributed by atoms with E-state index in [0.29, 0.717) is 17.1 Å². The molecule has 1 saturated heterocycles. The molecule has 1 fully saturated rings. The highest BCUT2D eigenvalue weighted by Crippen LogP contribution is 2.36. The number of fused-ring (bicyclic) bond motifs is 1. The van der Waals surface area contributed by atoms with Crippen LogP contribution in [0.5, 0.6) is 0 Å². The molecule has 0 spiro atoms. The summed E-state index contributed by atoms with van der Waals surface area (Å²) in [6.45, 7) is 1.78. The Bertz CT molecular complexity index is 841. The van der Waals surface area contributed by atoms with E-state index in [1.165, 1.54) is 6.07 Å². The van der Waals surface area contributed by atoms with Gasteiger partial charge in [-0.25, -0.2) is 9.07 Å². The lowest BCUT2D eigenvalue weighted by atomic mass is 9.81. The van der Waals surface area contributed by atoms with Gasteiger partial charge in [0.25, 0.3) is 5.91 Å². The number of benzene rings is 1. The molecular weight excluding hydrogens is 333 g/mol. The van der Waals surface area contributed by atoms with Crippen molar-refractivity contribution in [1.29, 1.82) is 0 Å². The molecule has 7 heteroatoms. The molecule has 0 bridgehead atoms. The van der Waals surface area contributed by atoms with Crippen LogP contribution in [0.4, 0.5) is 10.2 Å². The Balaban J connectivity index is 1.69. The minimum Gasteiger partial charge on any atom is -0.383 e. The Morgan fingerprint density at radius 3 is 2.88 bits per heavy atom. The Hall–Kier alpha value is -2.41. The fourth-order valence-electron chi connectivity index (χ4n) is 4.28. The third-order valence-corrected chi connectivity index (χ3v) is 5.62. The Morgan fingerprint density at radius 1 is 1.31 bits per heavy atom. The predicted octanol–water partition coefficient (Wildman–Crippen LogP) is 1.90. The number of rotatable bonds is 3. The summed E-state index contributed by atoms with van der Waals surface area (Å²) < 4.78 is 15.2. The van der Waals surface area contributed by atoms with Crippen LogP contribution < -0.4 is 16.8 Å². The average Bonchev–Trinajstić information content (AvgIpc) is 2.99. The van der Waals surface area contributed by atoms with Gasteiger partial charge in [0.05, 0.1) is 11.7 Å². The number of nitrogen functional groups attached to an aromatic ring is 1. The number of nitrogens with zero attached hydrogens (tertiary/aromatic N) is 2. The van der Waals surface area contributed by atoms with Crippen molar-refractivity contribution in [2.24, 2.45) is 5.73 Å². The van der Waals surface area contributed by atoms with E-state index < -0.39 is 5.91 Å². The zero-order valence-corrected chi connectivity index (χ0v) is 14.7. The first-order valence-electron chi connectivity index (χ1n) is 9.20. The molecule has 6 nitrogen and oxygen atoms in total. The number of halogens is 1. The molecule has 1 aromatic carbocycles. The van der Waals surface area contributed by atoms with Crippen molar-refractivity contribution >= 4 is 11.7 Å². The number of aryl methyl sites for hydroxylation is 1. The molecule has 138 valence electrons. The molecule has 2 aliphatic rings. The van der Waals surface area contributed by atoms with Gasteiger partial charge < -0.3 is 16.8 Å². The highest BCUT2D eigenvalue weighted by molar-refractivity contribution is 5.98. The first-order chi connectivity index (χ1) is 12.5. The molecule has 0 saturated carbocycles. The van der Waals surface area contributed by atoms with Gasteiger partial charge in [-0.3, -0.25) is 4.79 Å². The summed E-state index contributed by atoms with van der Waals surface area (Å²) in [6, 6.07) is 5.05. The van der Waals surface area contributed by atoms with Crippen molar-refractivity contribution in [3.05, 3.63) is 46.4 Å². The highest BCUT2D eigenvalue weighted by Gasteiger charge is 2.31. The first-order valence-corrected chi connectivity index (χ1v) is 9.20. The number of nitrogens with one attached hydrogen (secondary N) is 1. The smallest absolute Gasteiger partial charge is 0.254 e. The van der Waals surface area contributed by atoms with Gasteiger partial charge in [0.1, 0.15) is 17.2 Å². The van der Waals surface area contributed by atoms with Gasteiger partial charge >= 0.3 is 0 Å². The van der Waals surface area contributed by atoms with Gasteiger partial charge in [-0.2, -0.15) is 5.10 Å². The molecule has 0 radical (unpaired) electrons. The number of carbonyl (C=O) groups is 1. The fourth-order valence-corrected chi connectivity index (χ4v) is 4.28. The van der Waals surface area contributed by atoms with E-state index in [1.807, 2.05) is 6.07 Å². The number of aromatic nitrogens is 2. The molecule has 5 N–H and O–H groups in total. The van der Waals surface area contributed by atoms with Gasteiger partial charge in [0.2, 0.25) is 0 Å². The monoisotopic (exact) mass is 357 g/mol. The van der Waals surface area contributed by atoms with Gasteiger partial charge in [-0.1, -0.05) is 6.07 Å². The normalized spacial score (nSPS) is 22.8. The molecule has 4 rings (SSSR count). The third kappa shape index (κ3) is 2.96. The SMILES string of the molecule is NC(=O)c1c(C2CCc3cc(F)ccc3C2)nn(C2CCCNC2)c1N. The number of primary amides is 1. The van der Waals surface area contributed by atoms with Crippen LogP contribution in [0, 0.1) is 5.82 Å². The Morgan fingerprint density at radius 2 is 2.15 bits per heavy atom. The topological polar surface area (TPSA) is 99.0 Å². The summed E-state index contributed by atoms with van der Waals surface area (Å²) in [5.41, 5.74) is 15.1. The third-order valence-electron chi connectivity index (χ3n) is 5.62. The maximum atomic E-state index is 13.4. The van der Waals surface area contributed by atoms with E-state index >= 15 is 0 Å². The zero-order chi connectivity index (χ0) is 18.3. The molecular formula is C19H24FN5O. The number of hydrogen-bond donors (Lipinski definition) is 3. The van der Waals surface area contributed by atoms with Gasteiger partial charge in [-0.05, 0) is 61.9 Å². The van der Waals surface area contributed by atoms with Crippen LogP contribution in [-0.2, 0) is 12.8 Å². The van der Waals surface area contributed by atoms with E-state index in [0.717, 1.165) is 56.3 Å². The van der Waals surface area contributed by atoms with Crippen molar-refractivity contribution in [1.82, 2.24) is 15.1 Å². The largest absolute Gasteiger partial charge is 0.383 e. The standard InChI is InChI=1S/C19H24FN5O/c20-14-6-5-11-8-13(4-3-12(11)9-14)17-16(19(22)26)18(21)25(24-17)15-2-1-7-23-10-15/h5-6,9,13,15,23H,1-4,7-8,10,21H2,(H2,22,26). The van der Waals surface area contributed by atoms with Crippen LogP contribution >= 0.6 is 0 Å². The van der Waals surface area contributed by atoms with Gasteiger partial charge in [0.15, 0.2) is 0 Å². The van der Waals surface area contributed by atoms with Crippen molar-refractivity contribution in [3.8, 4) is 0 Å². The van der Waals surface area contributed by atoms with Crippen LogP contribution in [0.3, 0.4) is 0 Å². The van der Waals surface area contributed by atoms with E-state index in [4.69, 9.17) is 16.6 Å². The molecule has 2 heterocycles. The van der Waals surface area contributed by atoms with Crippen LogP contribution in [0.1, 0.15) is 58.4 Å². The second-order valence-corrected chi connectivity index (χ2v) is 7.31. The van der Waals surface area contributed by atoms with Crippen LogP contribution in [-0.4, -0.2) is 28.8 Å². The quantitative estimate of drug-likeness (QED) is 0.781. The molecule has 2 unspecified atom stereocenters.